The van der Waals surface area contributed by atoms with Gasteiger partial charge in [0.25, 0.3) is 0 Å². The SMILES string of the molecule is CCCC(C)CC(=O)c1ccc(C)cc1F. The highest BCUT2D eigenvalue weighted by Crippen LogP contribution is 2.17. The Bertz CT molecular complexity index is 371. The zero-order valence-corrected chi connectivity index (χ0v) is 10.2. The molecule has 0 aliphatic carbocycles. The molecule has 88 valence electrons. The molecule has 2 heteroatoms. The summed E-state index contributed by atoms with van der Waals surface area (Å²) < 4.78 is 13.5. The van der Waals surface area contributed by atoms with Gasteiger partial charge in [-0.15, -0.1) is 0 Å². The van der Waals surface area contributed by atoms with Crippen molar-refractivity contribution in [2.24, 2.45) is 5.92 Å². The number of aryl methyl sites for hydroxylation is 1. The van der Waals surface area contributed by atoms with Gasteiger partial charge in [0, 0.05) is 6.42 Å². The molecule has 1 rings (SSSR count). The molecule has 0 fully saturated rings. The minimum Gasteiger partial charge on any atom is -0.294 e. The van der Waals surface area contributed by atoms with Crippen LogP contribution in [0.15, 0.2) is 18.2 Å². The van der Waals surface area contributed by atoms with Crippen LogP contribution in [-0.4, -0.2) is 5.78 Å². The maximum absolute atomic E-state index is 13.5. The van der Waals surface area contributed by atoms with Crippen LogP contribution in [0.2, 0.25) is 0 Å². The molecule has 1 aromatic carbocycles. The van der Waals surface area contributed by atoms with Crippen molar-refractivity contribution in [1.82, 2.24) is 0 Å². The number of hydrogen-bond acceptors (Lipinski definition) is 1. The van der Waals surface area contributed by atoms with E-state index in [1.165, 1.54) is 6.07 Å². The minimum atomic E-state index is -0.395. The smallest absolute Gasteiger partial charge is 0.166 e. The number of benzene rings is 1. The van der Waals surface area contributed by atoms with Gasteiger partial charge in [0.05, 0.1) is 5.56 Å². The molecular formula is C14H19FO. The lowest BCUT2D eigenvalue weighted by Crippen LogP contribution is -2.08. The molecule has 1 nitrogen and oxygen atoms in total. The van der Waals surface area contributed by atoms with Gasteiger partial charge in [-0.25, -0.2) is 4.39 Å². The van der Waals surface area contributed by atoms with Gasteiger partial charge >= 0.3 is 0 Å². The predicted molar refractivity (Wildman–Crippen MR) is 64.2 cm³/mol. The fraction of sp³-hybridized carbons (Fsp3) is 0.500. The average molecular weight is 222 g/mol. The van der Waals surface area contributed by atoms with Gasteiger partial charge in [0.15, 0.2) is 5.78 Å². The highest BCUT2D eigenvalue weighted by atomic mass is 19.1. The molecule has 1 unspecified atom stereocenters. The third-order valence-electron chi connectivity index (χ3n) is 2.74. The van der Waals surface area contributed by atoms with Gasteiger partial charge in [-0.05, 0) is 30.5 Å². The Balaban J connectivity index is 2.73. The number of hydrogen-bond donors (Lipinski definition) is 0. The lowest BCUT2D eigenvalue weighted by Gasteiger charge is -2.09. The van der Waals surface area contributed by atoms with Crippen molar-refractivity contribution in [3.63, 3.8) is 0 Å². The summed E-state index contributed by atoms with van der Waals surface area (Å²) in [5, 5.41) is 0. The highest BCUT2D eigenvalue weighted by molar-refractivity contribution is 5.96. The van der Waals surface area contributed by atoms with E-state index in [0.717, 1.165) is 18.4 Å². The first-order valence-electron chi connectivity index (χ1n) is 5.84. The molecule has 0 aliphatic heterocycles. The monoisotopic (exact) mass is 222 g/mol. The molecule has 1 aromatic rings. The van der Waals surface area contributed by atoms with E-state index in [1.807, 2.05) is 13.8 Å². The topological polar surface area (TPSA) is 17.1 Å². The zero-order valence-electron chi connectivity index (χ0n) is 10.2. The normalized spacial score (nSPS) is 12.5. The van der Waals surface area contributed by atoms with Crippen molar-refractivity contribution in [3.05, 3.63) is 35.1 Å². The van der Waals surface area contributed by atoms with E-state index in [1.54, 1.807) is 12.1 Å². The molecule has 0 saturated heterocycles. The van der Waals surface area contributed by atoms with E-state index in [2.05, 4.69) is 6.92 Å². The summed E-state index contributed by atoms with van der Waals surface area (Å²) in [6, 6.07) is 4.78. The first kappa shape index (κ1) is 12.9. The van der Waals surface area contributed by atoms with Crippen LogP contribution in [-0.2, 0) is 0 Å². The molecule has 0 bridgehead atoms. The Morgan fingerprint density at radius 1 is 1.44 bits per heavy atom. The summed E-state index contributed by atoms with van der Waals surface area (Å²) in [4.78, 5) is 11.8. The number of carbonyl (C=O) groups is 1. The lowest BCUT2D eigenvalue weighted by molar-refractivity contribution is 0.0958. The van der Waals surface area contributed by atoms with Gasteiger partial charge in [-0.2, -0.15) is 0 Å². The molecule has 1 atom stereocenters. The Morgan fingerprint density at radius 2 is 2.12 bits per heavy atom. The summed E-state index contributed by atoms with van der Waals surface area (Å²) in [5.41, 5.74) is 1.07. The standard InChI is InChI=1S/C14H19FO/c1-4-5-10(2)9-14(16)12-7-6-11(3)8-13(12)15/h6-8,10H,4-5,9H2,1-3H3. The van der Waals surface area contributed by atoms with Gasteiger partial charge in [-0.3, -0.25) is 4.79 Å². The van der Waals surface area contributed by atoms with Crippen LogP contribution in [0.25, 0.3) is 0 Å². The summed E-state index contributed by atoms with van der Waals surface area (Å²) in [6.45, 7) is 5.94. The van der Waals surface area contributed by atoms with Crippen molar-refractivity contribution in [2.75, 3.05) is 0 Å². The molecule has 0 amide bonds. The lowest BCUT2D eigenvalue weighted by atomic mass is 9.95. The van der Waals surface area contributed by atoms with E-state index in [4.69, 9.17) is 0 Å². The van der Waals surface area contributed by atoms with E-state index in [0.29, 0.717) is 12.3 Å². The second kappa shape index (κ2) is 5.78. The number of rotatable bonds is 5. The Kier molecular flexibility index (Phi) is 4.66. The van der Waals surface area contributed by atoms with Crippen molar-refractivity contribution in [2.45, 2.75) is 40.0 Å². The quantitative estimate of drug-likeness (QED) is 0.684. The first-order chi connectivity index (χ1) is 7.54. The van der Waals surface area contributed by atoms with Gasteiger partial charge < -0.3 is 0 Å². The molecule has 0 saturated carbocycles. The van der Waals surface area contributed by atoms with Crippen LogP contribution >= 0.6 is 0 Å². The minimum absolute atomic E-state index is 0.0848. The fourth-order valence-electron chi connectivity index (χ4n) is 1.87. The molecule has 0 heterocycles. The maximum Gasteiger partial charge on any atom is 0.166 e. The largest absolute Gasteiger partial charge is 0.294 e. The second-order valence-corrected chi connectivity index (χ2v) is 4.50. The van der Waals surface area contributed by atoms with Crippen molar-refractivity contribution >= 4 is 5.78 Å². The third kappa shape index (κ3) is 3.44. The third-order valence-corrected chi connectivity index (χ3v) is 2.74. The van der Waals surface area contributed by atoms with E-state index >= 15 is 0 Å². The molecular weight excluding hydrogens is 203 g/mol. The molecule has 0 aromatic heterocycles. The first-order valence-corrected chi connectivity index (χ1v) is 5.84. The molecule has 16 heavy (non-hydrogen) atoms. The molecule has 0 radical (unpaired) electrons. The van der Waals surface area contributed by atoms with Crippen LogP contribution in [0.1, 0.15) is 49.0 Å². The number of carbonyl (C=O) groups excluding carboxylic acids is 1. The molecule has 0 N–H and O–H groups in total. The van der Waals surface area contributed by atoms with Crippen LogP contribution in [0, 0.1) is 18.7 Å². The predicted octanol–water partition coefficient (Wildman–Crippen LogP) is 4.14. The summed E-state index contributed by atoms with van der Waals surface area (Å²) in [6.07, 6.45) is 2.51. The Morgan fingerprint density at radius 3 is 2.69 bits per heavy atom. The summed E-state index contributed by atoms with van der Waals surface area (Å²) in [7, 11) is 0. The Labute approximate surface area is 96.7 Å². The number of halogens is 1. The maximum atomic E-state index is 13.5. The summed E-state index contributed by atoms with van der Waals surface area (Å²) >= 11 is 0. The molecule has 0 aliphatic rings. The van der Waals surface area contributed by atoms with Crippen LogP contribution in [0.5, 0.6) is 0 Å². The summed E-state index contributed by atoms with van der Waals surface area (Å²) in [5.74, 6) is -0.148. The van der Waals surface area contributed by atoms with Crippen molar-refractivity contribution in [1.29, 1.82) is 0 Å². The number of Topliss-reactive ketones (excluding diaryl/α,β-unsaturated/α-hetero) is 1. The van der Waals surface area contributed by atoms with Crippen molar-refractivity contribution < 1.29 is 9.18 Å². The second-order valence-electron chi connectivity index (χ2n) is 4.50. The Hall–Kier alpha value is -1.18. The van der Waals surface area contributed by atoms with E-state index < -0.39 is 5.82 Å². The van der Waals surface area contributed by atoms with Crippen molar-refractivity contribution in [3.8, 4) is 0 Å². The van der Waals surface area contributed by atoms with Crippen LogP contribution in [0.4, 0.5) is 4.39 Å². The van der Waals surface area contributed by atoms with Gasteiger partial charge in [0.2, 0.25) is 0 Å². The van der Waals surface area contributed by atoms with Gasteiger partial charge in [0.1, 0.15) is 5.82 Å². The van der Waals surface area contributed by atoms with Crippen LogP contribution in [0.3, 0.4) is 0 Å². The van der Waals surface area contributed by atoms with E-state index in [9.17, 15) is 9.18 Å². The van der Waals surface area contributed by atoms with E-state index in [-0.39, 0.29) is 11.3 Å². The zero-order chi connectivity index (χ0) is 12.1. The highest BCUT2D eigenvalue weighted by Gasteiger charge is 2.14. The fourth-order valence-corrected chi connectivity index (χ4v) is 1.87. The number of ketones is 1. The van der Waals surface area contributed by atoms with Gasteiger partial charge in [-0.1, -0.05) is 32.8 Å². The average Bonchev–Trinajstić information content (AvgIpc) is 2.17. The van der Waals surface area contributed by atoms with Crippen LogP contribution < -0.4 is 0 Å². The molecule has 0 spiro atoms.